The molecule has 1 aromatic rings. The van der Waals surface area contributed by atoms with E-state index in [0.717, 1.165) is 12.2 Å². The SMILES string of the molecule is O=C(/C=C\C(=O)Oc1ccccc1)OCCl. The molecule has 1 rings (SSSR count). The van der Waals surface area contributed by atoms with Crippen LogP contribution in [0.15, 0.2) is 42.5 Å². The monoisotopic (exact) mass is 240 g/mol. The van der Waals surface area contributed by atoms with Gasteiger partial charge in [-0.05, 0) is 12.1 Å². The normalized spacial score (nSPS) is 10.1. The molecule has 0 bridgehead atoms. The standard InChI is InChI=1S/C11H9ClO4/c12-8-15-10(13)6-7-11(14)16-9-4-2-1-3-5-9/h1-7H,8H2/b7-6-. The van der Waals surface area contributed by atoms with E-state index >= 15 is 0 Å². The van der Waals surface area contributed by atoms with Crippen LogP contribution < -0.4 is 4.74 Å². The first-order chi connectivity index (χ1) is 7.72. The summed E-state index contributed by atoms with van der Waals surface area (Å²) in [6.07, 6.45) is 1.93. The zero-order valence-corrected chi connectivity index (χ0v) is 9.02. The van der Waals surface area contributed by atoms with E-state index in [1.807, 2.05) is 0 Å². The van der Waals surface area contributed by atoms with Crippen molar-refractivity contribution in [1.29, 1.82) is 0 Å². The number of carbonyl (C=O) groups excluding carboxylic acids is 2. The van der Waals surface area contributed by atoms with Gasteiger partial charge in [0.15, 0.2) is 6.07 Å². The van der Waals surface area contributed by atoms with Crippen molar-refractivity contribution in [1.82, 2.24) is 0 Å². The van der Waals surface area contributed by atoms with Gasteiger partial charge in [-0.2, -0.15) is 0 Å². The minimum atomic E-state index is -0.694. The Labute approximate surface area is 97.4 Å². The summed E-state index contributed by atoms with van der Waals surface area (Å²) in [5, 5.41) is 0. The molecule has 5 heteroatoms. The van der Waals surface area contributed by atoms with E-state index in [2.05, 4.69) is 4.74 Å². The van der Waals surface area contributed by atoms with E-state index in [9.17, 15) is 9.59 Å². The number of halogens is 1. The molecular formula is C11H9ClO4. The number of para-hydroxylation sites is 1. The number of rotatable bonds is 4. The summed E-state index contributed by atoms with van der Waals surface area (Å²) < 4.78 is 9.25. The Morgan fingerprint density at radius 3 is 2.38 bits per heavy atom. The molecule has 0 atom stereocenters. The topological polar surface area (TPSA) is 52.6 Å². The first-order valence-electron chi connectivity index (χ1n) is 4.40. The van der Waals surface area contributed by atoms with Gasteiger partial charge >= 0.3 is 11.9 Å². The molecule has 0 saturated heterocycles. The largest absolute Gasteiger partial charge is 0.446 e. The Morgan fingerprint density at radius 2 is 1.75 bits per heavy atom. The van der Waals surface area contributed by atoms with Crippen LogP contribution in [-0.2, 0) is 14.3 Å². The van der Waals surface area contributed by atoms with E-state index in [0.29, 0.717) is 5.75 Å². The van der Waals surface area contributed by atoms with Crippen molar-refractivity contribution in [2.75, 3.05) is 6.07 Å². The molecule has 0 amide bonds. The van der Waals surface area contributed by atoms with Crippen LogP contribution in [0.1, 0.15) is 0 Å². The van der Waals surface area contributed by atoms with Crippen LogP contribution in [0.2, 0.25) is 0 Å². The molecule has 16 heavy (non-hydrogen) atoms. The van der Waals surface area contributed by atoms with E-state index in [-0.39, 0.29) is 6.07 Å². The average Bonchev–Trinajstić information content (AvgIpc) is 2.28. The molecule has 0 spiro atoms. The highest BCUT2D eigenvalue weighted by Gasteiger charge is 2.01. The molecule has 0 aromatic heterocycles. The molecule has 1 aromatic carbocycles. The third-order valence-electron chi connectivity index (χ3n) is 1.51. The number of carbonyl (C=O) groups is 2. The fourth-order valence-corrected chi connectivity index (χ4v) is 0.984. The van der Waals surface area contributed by atoms with Gasteiger partial charge in [-0.15, -0.1) is 0 Å². The molecule has 0 heterocycles. The fourth-order valence-electron chi connectivity index (χ4n) is 0.877. The zero-order chi connectivity index (χ0) is 11.8. The maximum atomic E-state index is 11.2. The van der Waals surface area contributed by atoms with Crippen molar-refractivity contribution in [3.05, 3.63) is 42.5 Å². The molecule has 0 N–H and O–H groups in total. The number of esters is 2. The third kappa shape index (κ3) is 4.61. The highest BCUT2D eigenvalue weighted by molar-refractivity contribution is 6.17. The summed E-state index contributed by atoms with van der Waals surface area (Å²) >= 11 is 5.15. The number of hydrogen-bond donors (Lipinski definition) is 0. The lowest BCUT2D eigenvalue weighted by molar-refractivity contribution is -0.136. The van der Waals surface area contributed by atoms with Crippen LogP contribution in [0.3, 0.4) is 0 Å². The van der Waals surface area contributed by atoms with E-state index in [4.69, 9.17) is 16.3 Å². The predicted octanol–water partition coefficient (Wildman–Crippen LogP) is 1.89. The van der Waals surface area contributed by atoms with Crippen LogP contribution in [0.25, 0.3) is 0 Å². The van der Waals surface area contributed by atoms with Crippen LogP contribution in [0.5, 0.6) is 5.75 Å². The second kappa shape index (κ2) is 6.63. The second-order valence-electron chi connectivity index (χ2n) is 2.64. The van der Waals surface area contributed by atoms with Gasteiger partial charge in [0.1, 0.15) is 5.75 Å². The van der Waals surface area contributed by atoms with Crippen molar-refractivity contribution in [2.45, 2.75) is 0 Å². The highest BCUT2D eigenvalue weighted by atomic mass is 35.5. The lowest BCUT2D eigenvalue weighted by Crippen LogP contribution is -2.06. The van der Waals surface area contributed by atoms with Crippen LogP contribution in [-0.4, -0.2) is 18.0 Å². The first kappa shape index (κ1) is 12.3. The first-order valence-corrected chi connectivity index (χ1v) is 4.93. The van der Waals surface area contributed by atoms with Gasteiger partial charge < -0.3 is 9.47 Å². The lowest BCUT2D eigenvalue weighted by Gasteiger charge is -1.99. The Morgan fingerprint density at radius 1 is 1.12 bits per heavy atom. The van der Waals surface area contributed by atoms with Gasteiger partial charge in [0, 0.05) is 12.2 Å². The van der Waals surface area contributed by atoms with E-state index < -0.39 is 11.9 Å². The minimum absolute atomic E-state index is 0.253. The molecule has 0 aliphatic heterocycles. The number of ether oxygens (including phenoxy) is 2. The quantitative estimate of drug-likeness (QED) is 0.349. The molecular weight excluding hydrogens is 232 g/mol. The van der Waals surface area contributed by atoms with Gasteiger partial charge in [0.05, 0.1) is 0 Å². The molecule has 0 radical (unpaired) electrons. The summed E-state index contributed by atoms with van der Waals surface area (Å²) in [7, 11) is 0. The number of alkyl halides is 1. The number of benzene rings is 1. The summed E-state index contributed by atoms with van der Waals surface area (Å²) in [5.41, 5.74) is 0. The minimum Gasteiger partial charge on any atom is -0.446 e. The van der Waals surface area contributed by atoms with Crippen LogP contribution >= 0.6 is 11.6 Å². The molecule has 0 unspecified atom stereocenters. The van der Waals surface area contributed by atoms with Gasteiger partial charge in [-0.3, -0.25) is 0 Å². The van der Waals surface area contributed by atoms with Gasteiger partial charge in [-0.1, -0.05) is 29.8 Å². The van der Waals surface area contributed by atoms with Crippen LogP contribution in [0.4, 0.5) is 0 Å². The van der Waals surface area contributed by atoms with E-state index in [1.165, 1.54) is 0 Å². The third-order valence-corrected chi connectivity index (χ3v) is 1.62. The molecule has 4 nitrogen and oxygen atoms in total. The molecule has 0 aliphatic rings. The summed E-state index contributed by atoms with van der Waals surface area (Å²) in [5.74, 6) is -0.944. The molecule has 84 valence electrons. The van der Waals surface area contributed by atoms with Crippen molar-refractivity contribution < 1.29 is 19.1 Å². The zero-order valence-electron chi connectivity index (χ0n) is 8.26. The molecule has 0 aliphatic carbocycles. The lowest BCUT2D eigenvalue weighted by atomic mass is 10.3. The molecule has 0 saturated carbocycles. The Hall–Kier alpha value is -1.81. The fraction of sp³-hybridized carbons (Fsp3) is 0.0909. The molecule has 0 fully saturated rings. The van der Waals surface area contributed by atoms with Gasteiger partial charge in [-0.25, -0.2) is 9.59 Å². The Bertz CT molecular complexity index is 386. The summed E-state index contributed by atoms with van der Waals surface area (Å²) in [6.45, 7) is 0. The smallest absolute Gasteiger partial charge is 0.336 e. The highest BCUT2D eigenvalue weighted by Crippen LogP contribution is 2.08. The van der Waals surface area contributed by atoms with Crippen molar-refractivity contribution >= 4 is 23.5 Å². The van der Waals surface area contributed by atoms with Crippen LogP contribution in [0, 0.1) is 0 Å². The predicted molar refractivity (Wildman–Crippen MR) is 58.0 cm³/mol. The summed E-state index contributed by atoms with van der Waals surface area (Å²) in [4.78, 5) is 22.0. The van der Waals surface area contributed by atoms with E-state index in [1.54, 1.807) is 30.3 Å². The maximum absolute atomic E-state index is 11.2. The second-order valence-corrected chi connectivity index (χ2v) is 2.86. The Kier molecular flexibility index (Phi) is 5.08. The van der Waals surface area contributed by atoms with Crippen molar-refractivity contribution in [3.8, 4) is 5.75 Å². The Balaban J connectivity index is 2.45. The maximum Gasteiger partial charge on any atom is 0.336 e. The summed E-state index contributed by atoms with van der Waals surface area (Å²) in [6, 6.07) is 8.26. The van der Waals surface area contributed by atoms with Crippen molar-refractivity contribution in [2.24, 2.45) is 0 Å². The van der Waals surface area contributed by atoms with Crippen molar-refractivity contribution in [3.63, 3.8) is 0 Å². The number of hydrogen-bond acceptors (Lipinski definition) is 4. The van der Waals surface area contributed by atoms with Gasteiger partial charge in [0.25, 0.3) is 0 Å². The van der Waals surface area contributed by atoms with Gasteiger partial charge in [0.2, 0.25) is 0 Å². The average molecular weight is 241 g/mol.